The number of carboxylic acids is 1. The molecule has 0 bridgehead atoms. The van der Waals surface area contributed by atoms with Crippen LogP contribution in [-0.4, -0.2) is 41.9 Å². The van der Waals surface area contributed by atoms with E-state index in [4.69, 9.17) is 5.11 Å². The van der Waals surface area contributed by atoms with Crippen LogP contribution in [-0.2, 0) is 25.4 Å². The van der Waals surface area contributed by atoms with Gasteiger partial charge in [0.1, 0.15) is 12.2 Å². The first-order valence-electron chi connectivity index (χ1n) is 8.06. The zero-order chi connectivity index (χ0) is 20.4. The summed E-state index contributed by atoms with van der Waals surface area (Å²) < 4.78 is 3.52. The monoisotopic (exact) mass is 384 g/mol. The number of imidazole rings is 1. The number of fused-ring (bicyclic) bond motifs is 1. The molecule has 11 nitrogen and oxygen atoms in total. The van der Waals surface area contributed by atoms with Gasteiger partial charge in [0.2, 0.25) is 0 Å². The molecule has 0 aliphatic heterocycles. The van der Waals surface area contributed by atoms with Gasteiger partial charge in [0.05, 0.1) is 18.1 Å². The molecule has 144 valence electrons. The lowest BCUT2D eigenvalue weighted by molar-refractivity contribution is -0.121. The van der Waals surface area contributed by atoms with Crippen molar-refractivity contribution < 1.29 is 14.7 Å². The van der Waals surface area contributed by atoms with E-state index in [1.54, 1.807) is 18.2 Å². The predicted octanol–water partition coefficient (Wildman–Crippen LogP) is -0.718. The largest absolute Gasteiger partial charge is 0.478 e. The van der Waals surface area contributed by atoms with Crippen molar-refractivity contribution in [3.8, 4) is 0 Å². The first-order valence-corrected chi connectivity index (χ1v) is 8.06. The second kappa shape index (κ2) is 7.31. The van der Waals surface area contributed by atoms with Gasteiger partial charge in [0, 0.05) is 19.7 Å². The molecular weight excluding hydrogens is 368 g/mol. The van der Waals surface area contributed by atoms with Crippen molar-refractivity contribution in [1.29, 1.82) is 0 Å². The van der Waals surface area contributed by atoms with E-state index in [1.807, 2.05) is 0 Å². The van der Waals surface area contributed by atoms with Crippen LogP contribution >= 0.6 is 0 Å². The molecule has 11 heteroatoms. The maximum Gasteiger partial charge on any atom is 0.336 e. The topological polar surface area (TPSA) is 141 Å². The number of carbonyl (C=O) groups is 2. The lowest BCUT2D eigenvalue weighted by Gasteiger charge is -2.07. The fourth-order valence-corrected chi connectivity index (χ4v) is 2.72. The van der Waals surface area contributed by atoms with Crippen molar-refractivity contribution in [2.75, 3.05) is 0 Å². The van der Waals surface area contributed by atoms with Gasteiger partial charge in [-0.25, -0.2) is 20.0 Å². The molecule has 2 heterocycles. The van der Waals surface area contributed by atoms with Crippen molar-refractivity contribution in [3.63, 3.8) is 0 Å². The molecular formula is C17H16N6O5. The summed E-state index contributed by atoms with van der Waals surface area (Å²) in [4.78, 5) is 51.5. The molecule has 0 aliphatic rings. The molecule has 0 fully saturated rings. The highest BCUT2D eigenvalue weighted by molar-refractivity contribution is 5.98. The number of aromatic carboxylic acids is 1. The Morgan fingerprint density at radius 3 is 2.64 bits per heavy atom. The van der Waals surface area contributed by atoms with Gasteiger partial charge in [-0.15, -0.1) is 0 Å². The fourth-order valence-electron chi connectivity index (χ4n) is 2.72. The van der Waals surface area contributed by atoms with Gasteiger partial charge in [-0.1, -0.05) is 18.2 Å². The van der Waals surface area contributed by atoms with Crippen molar-refractivity contribution in [2.24, 2.45) is 19.2 Å². The lowest BCUT2D eigenvalue weighted by Crippen LogP contribution is -2.37. The van der Waals surface area contributed by atoms with Gasteiger partial charge in [0.25, 0.3) is 11.5 Å². The third-order valence-corrected chi connectivity index (χ3v) is 4.11. The SMILES string of the molecule is Cn1c(=O)c2ncn(CC(=O)N/N=C/c3ccccc3C(=O)O)c2n(C)c1=O. The second-order valence-corrected chi connectivity index (χ2v) is 5.94. The number of amides is 1. The Bertz CT molecular complexity index is 1230. The number of hydrazone groups is 1. The summed E-state index contributed by atoms with van der Waals surface area (Å²) in [5.74, 6) is -1.66. The maximum atomic E-state index is 12.2. The van der Waals surface area contributed by atoms with Gasteiger partial charge in [-0.3, -0.25) is 18.7 Å². The van der Waals surface area contributed by atoms with Crippen molar-refractivity contribution >= 4 is 29.3 Å². The highest BCUT2D eigenvalue weighted by Crippen LogP contribution is 2.07. The van der Waals surface area contributed by atoms with Crippen LogP contribution in [0.1, 0.15) is 15.9 Å². The van der Waals surface area contributed by atoms with E-state index < -0.39 is 23.1 Å². The van der Waals surface area contributed by atoms with E-state index in [0.29, 0.717) is 5.56 Å². The summed E-state index contributed by atoms with van der Waals surface area (Å²) in [6.45, 7) is -0.241. The van der Waals surface area contributed by atoms with Crippen LogP contribution in [0.15, 0.2) is 45.3 Å². The summed E-state index contributed by atoms with van der Waals surface area (Å²) in [5.41, 5.74) is 1.84. The number of benzene rings is 1. The van der Waals surface area contributed by atoms with Crippen LogP contribution in [0.25, 0.3) is 11.2 Å². The molecule has 0 saturated heterocycles. The minimum atomic E-state index is -1.11. The average molecular weight is 384 g/mol. The van der Waals surface area contributed by atoms with Crippen molar-refractivity contribution in [2.45, 2.75) is 6.54 Å². The molecule has 3 rings (SSSR count). The molecule has 1 aromatic carbocycles. The van der Waals surface area contributed by atoms with Gasteiger partial charge >= 0.3 is 11.7 Å². The van der Waals surface area contributed by atoms with Crippen LogP contribution in [0.5, 0.6) is 0 Å². The van der Waals surface area contributed by atoms with E-state index in [2.05, 4.69) is 15.5 Å². The number of aryl methyl sites for hydroxylation is 1. The summed E-state index contributed by atoms with van der Waals surface area (Å²) in [6, 6.07) is 6.20. The Balaban J connectivity index is 1.81. The molecule has 3 aromatic rings. The molecule has 0 aliphatic carbocycles. The maximum absolute atomic E-state index is 12.2. The quantitative estimate of drug-likeness (QED) is 0.439. The number of rotatable bonds is 5. The number of carbonyl (C=O) groups excluding carboxylic acids is 1. The molecule has 0 atom stereocenters. The molecule has 0 saturated carbocycles. The molecule has 1 amide bonds. The summed E-state index contributed by atoms with van der Waals surface area (Å²) in [7, 11) is 2.82. The first-order chi connectivity index (χ1) is 13.3. The van der Waals surface area contributed by atoms with Crippen LogP contribution in [0.2, 0.25) is 0 Å². The van der Waals surface area contributed by atoms with Crippen LogP contribution in [0.4, 0.5) is 0 Å². The summed E-state index contributed by atoms with van der Waals surface area (Å²) in [6.07, 6.45) is 2.51. The molecule has 2 N–H and O–H groups in total. The van der Waals surface area contributed by atoms with Gasteiger partial charge in [0.15, 0.2) is 5.52 Å². The summed E-state index contributed by atoms with van der Waals surface area (Å²) in [5, 5.41) is 12.9. The first kappa shape index (κ1) is 18.8. The van der Waals surface area contributed by atoms with Crippen molar-refractivity contribution in [3.05, 3.63) is 62.6 Å². The highest BCUT2D eigenvalue weighted by Gasteiger charge is 2.15. The Morgan fingerprint density at radius 2 is 1.93 bits per heavy atom. The van der Waals surface area contributed by atoms with Gasteiger partial charge in [-0.2, -0.15) is 5.10 Å². The third kappa shape index (κ3) is 3.32. The number of nitrogens with zero attached hydrogens (tertiary/aromatic N) is 5. The van der Waals surface area contributed by atoms with E-state index in [-0.39, 0.29) is 23.3 Å². The summed E-state index contributed by atoms with van der Waals surface area (Å²) >= 11 is 0. The molecule has 0 spiro atoms. The van der Waals surface area contributed by atoms with E-state index in [9.17, 15) is 19.2 Å². The zero-order valence-electron chi connectivity index (χ0n) is 15.0. The Labute approximate surface area is 157 Å². The average Bonchev–Trinajstić information content (AvgIpc) is 3.08. The van der Waals surface area contributed by atoms with Crippen LogP contribution < -0.4 is 16.7 Å². The van der Waals surface area contributed by atoms with E-state index >= 15 is 0 Å². The van der Waals surface area contributed by atoms with Gasteiger partial charge < -0.3 is 9.67 Å². The molecule has 0 radical (unpaired) electrons. The standard InChI is InChI=1S/C17H16N6O5/c1-21-14-13(15(25)22(2)17(21)28)18-9-23(14)8-12(24)20-19-7-10-5-3-4-6-11(10)16(26)27/h3-7,9H,8H2,1-2H3,(H,20,24)(H,26,27)/b19-7+. The lowest BCUT2D eigenvalue weighted by atomic mass is 10.1. The number of carboxylic acid groups (broad SMARTS) is 1. The minimum absolute atomic E-state index is 0.0481. The third-order valence-electron chi connectivity index (χ3n) is 4.11. The number of aromatic nitrogens is 4. The number of nitrogens with one attached hydrogen (secondary N) is 1. The normalized spacial score (nSPS) is 11.2. The Morgan fingerprint density at radius 1 is 1.21 bits per heavy atom. The Kier molecular flexibility index (Phi) is 4.90. The molecule has 2 aromatic heterocycles. The fraction of sp³-hybridized carbons (Fsp3) is 0.176. The van der Waals surface area contributed by atoms with E-state index in [1.165, 1.54) is 41.8 Å². The second-order valence-electron chi connectivity index (χ2n) is 5.94. The highest BCUT2D eigenvalue weighted by atomic mass is 16.4. The Hall–Kier alpha value is -4.02. The molecule has 0 unspecified atom stereocenters. The predicted molar refractivity (Wildman–Crippen MR) is 99.4 cm³/mol. The number of hydrogen-bond acceptors (Lipinski definition) is 6. The van der Waals surface area contributed by atoms with Crippen LogP contribution in [0.3, 0.4) is 0 Å². The smallest absolute Gasteiger partial charge is 0.336 e. The van der Waals surface area contributed by atoms with E-state index in [0.717, 1.165) is 4.57 Å². The van der Waals surface area contributed by atoms with Gasteiger partial charge in [-0.05, 0) is 6.07 Å². The van der Waals surface area contributed by atoms with Crippen LogP contribution in [0, 0.1) is 0 Å². The zero-order valence-corrected chi connectivity index (χ0v) is 15.0. The molecule has 28 heavy (non-hydrogen) atoms. The number of hydrogen-bond donors (Lipinski definition) is 2. The minimum Gasteiger partial charge on any atom is -0.478 e. The van der Waals surface area contributed by atoms with Crippen molar-refractivity contribution in [1.82, 2.24) is 24.1 Å².